The number of aliphatic hydroxyl groups is 1. The molecule has 0 bridgehead atoms. The molecule has 0 radical (unpaired) electrons. The molecule has 25 heavy (non-hydrogen) atoms. The number of ether oxygens (including phenoxy) is 1. The van der Waals surface area contributed by atoms with Crippen molar-refractivity contribution in [2.75, 3.05) is 13.1 Å². The van der Waals surface area contributed by atoms with E-state index in [0.29, 0.717) is 11.6 Å². The molecule has 1 N–H and O–H groups in total. The summed E-state index contributed by atoms with van der Waals surface area (Å²) in [6.07, 6.45) is 0.336. The Balaban J connectivity index is 1.82. The molecule has 1 saturated heterocycles. The second-order valence-electron chi connectivity index (χ2n) is 6.42. The topological polar surface area (TPSA) is 49.8 Å². The Bertz CT molecular complexity index is 788. The molecule has 1 aromatic carbocycles. The minimum atomic E-state index is -1.26. The van der Waals surface area contributed by atoms with E-state index in [1.807, 2.05) is 0 Å². The highest BCUT2D eigenvalue weighted by atomic mass is 19.2. The van der Waals surface area contributed by atoms with Crippen molar-refractivity contribution in [1.82, 2.24) is 4.90 Å². The third kappa shape index (κ3) is 3.28. The number of amides is 1. The molecule has 2 unspecified atom stereocenters. The van der Waals surface area contributed by atoms with Crippen LogP contribution in [0.1, 0.15) is 31.7 Å². The predicted molar refractivity (Wildman–Crippen MR) is 83.8 cm³/mol. The number of benzene rings is 1. The number of aliphatic hydroxyl groups excluding tert-OH is 1. The van der Waals surface area contributed by atoms with Crippen molar-refractivity contribution in [1.29, 1.82) is 0 Å². The van der Waals surface area contributed by atoms with Gasteiger partial charge < -0.3 is 14.7 Å². The molecule has 2 aliphatic heterocycles. The third-order valence-electron chi connectivity index (χ3n) is 4.72. The number of carbonyl (C=O) groups excluding carboxylic acids is 1. The van der Waals surface area contributed by atoms with Gasteiger partial charge >= 0.3 is 0 Å². The first-order chi connectivity index (χ1) is 11.8. The van der Waals surface area contributed by atoms with Crippen molar-refractivity contribution in [3.8, 4) is 0 Å². The van der Waals surface area contributed by atoms with Crippen molar-refractivity contribution >= 4 is 5.91 Å². The second kappa shape index (κ2) is 6.55. The standard InChI is InChI=1S/C18H18F3NO3/c1-9-8-25-18(24)10(2)14(9)7-22-6-11(3-16(22)23)13-4-12(19)5-15(20)17(13)21/h4-5,8,11,18,24H,3,6-7H2,1-2H3. The maximum atomic E-state index is 14.0. The van der Waals surface area contributed by atoms with Gasteiger partial charge in [-0.15, -0.1) is 0 Å². The number of carbonyl (C=O) groups is 1. The third-order valence-corrected chi connectivity index (χ3v) is 4.72. The van der Waals surface area contributed by atoms with Gasteiger partial charge in [-0.05, 0) is 42.2 Å². The van der Waals surface area contributed by atoms with Crippen LogP contribution >= 0.6 is 0 Å². The van der Waals surface area contributed by atoms with Crippen molar-refractivity contribution in [3.05, 3.63) is 58.1 Å². The Morgan fingerprint density at radius 2 is 2.00 bits per heavy atom. The molecule has 3 rings (SSSR count). The number of rotatable bonds is 3. The van der Waals surface area contributed by atoms with Gasteiger partial charge in [-0.25, -0.2) is 13.2 Å². The van der Waals surface area contributed by atoms with Crippen LogP contribution in [0.15, 0.2) is 35.1 Å². The fourth-order valence-electron chi connectivity index (χ4n) is 3.25. The van der Waals surface area contributed by atoms with E-state index in [1.54, 1.807) is 13.8 Å². The fourth-order valence-corrected chi connectivity index (χ4v) is 3.25. The molecule has 1 fully saturated rings. The summed E-state index contributed by atoms with van der Waals surface area (Å²) in [5.74, 6) is -4.10. The van der Waals surface area contributed by atoms with Crippen LogP contribution in [0.4, 0.5) is 13.2 Å². The molecule has 7 heteroatoms. The summed E-state index contributed by atoms with van der Waals surface area (Å²) in [5, 5.41) is 9.77. The number of likely N-dealkylation sites (tertiary alicyclic amines) is 1. The van der Waals surface area contributed by atoms with E-state index in [4.69, 9.17) is 4.74 Å². The van der Waals surface area contributed by atoms with Gasteiger partial charge in [-0.3, -0.25) is 4.79 Å². The molecule has 134 valence electrons. The lowest BCUT2D eigenvalue weighted by molar-refractivity contribution is -0.127. The van der Waals surface area contributed by atoms with Gasteiger partial charge in [0.25, 0.3) is 0 Å². The van der Waals surface area contributed by atoms with E-state index in [9.17, 15) is 23.1 Å². The molecule has 1 aromatic rings. The van der Waals surface area contributed by atoms with Crippen molar-refractivity contribution in [3.63, 3.8) is 0 Å². The van der Waals surface area contributed by atoms with Crippen LogP contribution in [0.2, 0.25) is 0 Å². The molecule has 0 aliphatic carbocycles. The summed E-state index contributed by atoms with van der Waals surface area (Å²) in [6, 6.07) is 1.42. The van der Waals surface area contributed by atoms with E-state index >= 15 is 0 Å². The highest BCUT2D eigenvalue weighted by Crippen LogP contribution is 2.33. The zero-order chi connectivity index (χ0) is 18.3. The fraction of sp³-hybridized carbons (Fsp3) is 0.389. The van der Waals surface area contributed by atoms with Gasteiger partial charge in [0.2, 0.25) is 12.2 Å². The lowest BCUT2D eigenvalue weighted by Crippen LogP contribution is -2.30. The smallest absolute Gasteiger partial charge is 0.223 e. The van der Waals surface area contributed by atoms with Crippen molar-refractivity contribution in [2.24, 2.45) is 0 Å². The molecule has 0 spiro atoms. The summed E-state index contributed by atoms with van der Waals surface area (Å²) >= 11 is 0. The van der Waals surface area contributed by atoms with Crippen molar-refractivity contribution < 1.29 is 27.8 Å². The van der Waals surface area contributed by atoms with Crippen LogP contribution < -0.4 is 0 Å². The maximum absolute atomic E-state index is 14.0. The minimum absolute atomic E-state index is 0.0199. The highest BCUT2D eigenvalue weighted by Gasteiger charge is 2.34. The van der Waals surface area contributed by atoms with E-state index in [-0.39, 0.29) is 31.0 Å². The molecular formula is C18H18F3NO3. The Labute approximate surface area is 143 Å². The van der Waals surface area contributed by atoms with Gasteiger partial charge in [0.15, 0.2) is 11.6 Å². The van der Waals surface area contributed by atoms with Crippen molar-refractivity contribution in [2.45, 2.75) is 32.5 Å². The first-order valence-electron chi connectivity index (χ1n) is 7.90. The monoisotopic (exact) mass is 353 g/mol. The van der Waals surface area contributed by atoms with Gasteiger partial charge in [-0.2, -0.15) is 0 Å². The molecule has 4 nitrogen and oxygen atoms in total. The molecule has 0 saturated carbocycles. The number of halogens is 3. The van der Waals surface area contributed by atoms with Crippen LogP contribution in [0, 0.1) is 17.5 Å². The Kier molecular flexibility index (Phi) is 4.60. The number of hydrogen-bond donors (Lipinski definition) is 1. The zero-order valence-electron chi connectivity index (χ0n) is 13.9. The van der Waals surface area contributed by atoms with Crippen LogP contribution in [0.5, 0.6) is 0 Å². The summed E-state index contributed by atoms with van der Waals surface area (Å²) in [6.45, 7) is 3.88. The van der Waals surface area contributed by atoms with Crippen LogP contribution in [0.3, 0.4) is 0 Å². The quantitative estimate of drug-likeness (QED) is 0.850. The minimum Gasteiger partial charge on any atom is -0.468 e. The zero-order valence-corrected chi connectivity index (χ0v) is 13.9. The summed E-state index contributed by atoms with van der Waals surface area (Å²) in [5.41, 5.74) is 2.01. The average Bonchev–Trinajstić information content (AvgIpc) is 2.92. The van der Waals surface area contributed by atoms with E-state index < -0.39 is 29.7 Å². The summed E-state index contributed by atoms with van der Waals surface area (Å²) in [4.78, 5) is 13.8. The Hall–Kier alpha value is -2.28. The van der Waals surface area contributed by atoms with Crippen LogP contribution in [0.25, 0.3) is 0 Å². The lowest BCUT2D eigenvalue weighted by Gasteiger charge is -2.26. The molecule has 0 aromatic heterocycles. The van der Waals surface area contributed by atoms with Crippen LogP contribution in [-0.4, -0.2) is 35.3 Å². The predicted octanol–water partition coefficient (Wildman–Crippen LogP) is 2.99. The van der Waals surface area contributed by atoms with E-state index in [0.717, 1.165) is 17.2 Å². The Morgan fingerprint density at radius 1 is 1.28 bits per heavy atom. The lowest BCUT2D eigenvalue weighted by atomic mass is 9.97. The largest absolute Gasteiger partial charge is 0.468 e. The second-order valence-corrected chi connectivity index (χ2v) is 6.42. The van der Waals surface area contributed by atoms with Crippen LogP contribution in [-0.2, 0) is 9.53 Å². The first-order valence-corrected chi connectivity index (χ1v) is 7.90. The molecule has 1 amide bonds. The summed E-state index contributed by atoms with van der Waals surface area (Å²) in [7, 11) is 0. The molecular weight excluding hydrogens is 335 g/mol. The van der Waals surface area contributed by atoms with Gasteiger partial charge in [0, 0.05) is 31.5 Å². The van der Waals surface area contributed by atoms with Gasteiger partial charge in [-0.1, -0.05) is 0 Å². The molecule has 2 atom stereocenters. The number of nitrogens with zero attached hydrogens (tertiary/aromatic N) is 1. The maximum Gasteiger partial charge on any atom is 0.223 e. The van der Waals surface area contributed by atoms with Gasteiger partial charge in [0.1, 0.15) is 5.82 Å². The summed E-state index contributed by atoms with van der Waals surface area (Å²) < 4.78 is 45.9. The molecule has 2 heterocycles. The normalized spacial score (nSPS) is 23.8. The SMILES string of the molecule is CC1=COC(O)C(C)=C1CN1CC(c2cc(F)cc(F)c2F)CC1=O. The first kappa shape index (κ1) is 17.5. The van der Waals surface area contributed by atoms with Gasteiger partial charge in [0.05, 0.1) is 6.26 Å². The number of hydrogen-bond acceptors (Lipinski definition) is 3. The average molecular weight is 353 g/mol. The van der Waals surface area contributed by atoms with E-state index in [2.05, 4.69) is 0 Å². The molecule has 2 aliphatic rings. The highest BCUT2D eigenvalue weighted by molar-refractivity contribution is 5.80. The Morgan fingerprint density at radius 3 is 2.72 bits per heavy atom. The van der Waals surface area contributed by atoms with E-state index in [1.165, 1.54) is 11.2 Å².